The number of nitrogens with one attached hydrogen (secondary N) is 1. The largest absolute Gasteiger partial charge is 0.493 e. The number of hydrogen-bond acceptors (Lipinski definition) is 5. The Bertz CT molecular complexity index is 831. The maximum absolute atomic E-state index is 11.5. The van der Waals surface area contributed by atoms with Crippen molar-refractivity contribution < 1.29 is 9.53 Å². The number of fused-ring (bicyclic) bond motifs is 1. The molecule has 3 aromatic heterocycles. The van der Waals surface area contributed by atoms with Gasteiger partial charge in [0, 0.05) is 34.6 Å². The smallest absolute Gasteiger partial charge is 0.152 e. The van der Waals surface area contributed by atoms with Crippen LogP contribution in [0, 0.1) is 0 Å². The minimum Gasteiger partial charge on any atom is -0.493 e. The highest BCUT2D eigenvalue weighted by atomic mass is 32.2. The van der Waals surface area contributed by atoms with Crippen LogP contribution in [0.5, 0.6) is 5.75 Å². The molecular formula is C17H17N3O2S. The molecular weight excluding hydrogens is 310 g/mol. The number of carbonyl (C=O) groups is 1. The molecule has 0 atom stereocenters. The number of H-pyrrole nitrogens is 1. The number of carbonyl (C=O) groups excluding carboxylic acids is 1. The Balaban J connectivity index is 2.12. The molecule has 0 aromatic carbocycles. The van der Waals surface area contributed by atoms with Crippen molar-refractivity contribution in [1.82, 2.24) is 15.0 Å². The van der Waals surface area contributed by atoms with Crippen LogP contribution >= 0.6 is 11.8 Å². The summed E-state index contributed by atoms with van der Waals surface area (Å²) in [6.45, 7) is 4.46. The van der Waals surface area contributed by atoms with E-state index in [-0.39, 0.29) is 0 Å². The van der Waals surface area contributed by atoms with E-state index in [0.717, 1.165) is 33.7 Å². The van der Waals surface area contributed by atoms with Gasteiger partial charge in [-0.2, -0.15) is 0 Å². The van der Waals surface area contributed by atoms with Crippen molar-refractivity contribution in [1.29, 1.82) is 0 Å². The lowest BCUT2D eigenvalue weighted by molar-refractivity contribution is 0.112. The van der Waals surface area contributed by atoms with Crippen molar-refractivity contribution in [2.24, 2.45) is 0 Å². The zero-order chi connectivity index (χ0) is 16.2. The average molecular weight is 327 g/mol. The molecule has 1 N–H and O–H groups in total. The number of pyridine rings is 2. The molecule has 3 rings (SSSR count). The van der Waals surface area contributed by atoms with Gasteiger partial charge in [-0.05, 0) is 25.5 Å². The van der Waals surface area contributed by atoms with Crippen LogP contribution in [-0.2, 0) is 6.42 Å². The third-order valence-corrected chi connectivity index (χ3v) is 4.35. The number of rotatable bonds is 6. The number of aryl methyl sites for hydroxylation is 1. The minimum atomic E-state index is 0.529. The molecule has 0 aliphatic rings. The summed E-state index contributed by atoms with van der Waals surface area (Å²) in [5.74, 6) is 0.682. The summed E-state index contributed by atoms with van der Waals surface area (Å²) >= 11 is 1.51. The fraction of sp³-hybridized carbons (Fsp3) is 0.235. The van der Waals surface area contributed by atoms with Crippen molar-refractivity contribution in [3.8, 4) is 5.75 Å². The van der Waals surface area contributed by atoms with Crippen LogP contribution in [0.25, 0.3) is 11.0 Å². The molecule has 0 fully saturated rings. The van der Waals surface area contributed by atoms with Crippen LogP contribution < -0.4 is 4.74 Å². The van der Waals surface area contributed by atoms with E-state index < -0.39 is 0 Å². The minimum absolute atomic E-state index is 0.529. The first-order valence-corrected chi connectivity index (χ1v) is 8.29. The fourth-order valence-corrected chi connectivity index (χ4v) is 3.27. The van der Waals surface area contributed by atoms with Crippen LogP contribution in [0.2, 0.25) is 0 Å². The predicted octanol–water partition coefficient (Wildman–Crippen LogP) is 3.88. The Hall–Kier alpha value is -2.34. The summed E-state index contributed by atoms with van der Waals surface area (Å²) in [4.78, 5) is 24.5. The molecule has 0 spiro atoms. The third-order valence-electron chi connectivity index (χ3n) is 3.45. The SMILES string of the molecule is CCOc1cc(Sc2cccnc2)nc2[nH]c(CC)c(C=O)c12. The van der Waals surface area contributed by atoms with Gasteiger partial charge < -0.3 is 9.72 Å². The standard InChI is InChI=1S/C17H17N3O2S/c1-3-13-12(10-21)16-14(22-4-2)8-15(20-17(16)19-13)23-11-6-5-7-18-9-11/h5-10H,3-4H2,1-2H3,(H,19,20). The van der Waals surface area contributed by atoms with Crippen LogP contribution in [0.3, 0.4) is 0 Å². The number of aromatic amines is 1. The van der Waals surface area contributed by atoms with Gasteiger partial charge in [0.1, 0.15) is 16.4 Å². The van der Waals surface area contributed by atoms with Crippen molar-refractivity contribution in [3.05, 3.63) is 41.9 Å². The molecule has 0 saturated heterocycles. The highest BCUT2D eigenvalue weighted by Crippen LogP contribution is 2.35. The lowest BCUT2D eigenvalue weighted by Gasteiger charge is -2.08. The Morgan fingerprint density at radius 1 is 1.39 bits per heavy atom. The number of nitrogens with zero attached hydrogens (tertiary/aromatic N) is 2. The van der Waals surface area contributed by atoms with Gasteiger partial charge in [0.15, 0.2) is 6.29 Å². The quantitative estimate of drug-likeness (QED) is 0.696. The fourth-order valence-electron chi connectivity index (χ4n) is 2.47. The second-order valence-electron chi connectivity index (χ2n) is 4.89. The topological polar surface area (TPSA) is 67.9 Å². The number of ether oxygens (including phenoxy) is 1. The maximum Gasteiger partial charge on any atom is 0.152 e. The molecule has 118 valence electrons. The molecule has 0 aliphatic carbocycles. The third kappa shape index (κ3) is 3.07. The molecule has 23 heavy (non-hydrogen) atoms. The van der Waals surface area contributed by atoms with Gasteiger partial charge in [0.05, 0.1) is 12.0 Å². The van der Waals surface area contributed by atoms with Crippen molar-refractivity contribution in [2.75, 3.05) is 6.61 Å². The average Bonchev–Trinajstić information content (AvgIpc) is 2.94. The van der Waals surface area contributed by atoms with E-state index in [1.165, 1.54) is 11.8 Å². The molecule has 0 saturated carbocycles. The molecule has 0 radical (unpaired) electrons. The second kappa shape index (κ2) is 6.83. The molecule has 5 nitrogen and oxygen atoms in total. The zero-order valence-electron chi connectivity index (χ0n) is 13.0. The number of hydrogen-bond donors (Lipinski definition) is 1. The van der Waals surface area contributed by atoms with Crippen LogP contribution in [0.1, 0.15) is 29.9 Å². The van der Waals surface area contributed by atoms with Crippen LogP contribution in [0.15, 0.2) is 40.5 Å². The molecule has 6 heteroatoms. The van der Waals surface area contributed by atoms with Crippen molar-refractivity contribution in [3.63, 3.8) is 0 Å². The van der Waals surface area contributed by atoms with E-state index in [1.54, 1.807) is 12.4 Å². The molecule has 0 amide bonds. The van der Waals surface area contributed by atoms with Gasteiger partial charge in [0.25, 0.3) is 0 Å². The van der Waals surface area contributed by atoms with E-state index in [4.69, 9.17) is 4.74 Å². The van der Waals surface area contributed by atoms with E-state index in [1.807, 2.05) is 32.0 Å². The summed E-state index contributed by atoms with van der Waals surface area (Å²) in [5, 5.41) is 1.56. The molecule has 0 aliphatic heterocycles. The Kier molecular flexibility index (Phi) is 4.62. The molecule has 0 bridgehead atoms. The Morgan fingerprint density at radius 2 is 2.26 bits per heavy atom. The number of aromatic nitrogens is 3. The van der Waals surface area contributed by atoms with Gasteiger partial charge >= 0.3 is 0 Å². The van der Waals surface area contributed by atoms with E-state index in [9.17, 15) is 4.79 Å². The molecule has 3 heterocycles. The Morgan fingerprint density at radius 3 is 2.91 bits per heavy atom. The first kappa shape index (κ1) is 15.6. The van der Waals surface area contributed by atoms with Gasteiger partial charge in [-0.15, -0.1) is 0 Å². The summed E-state index contributed by atoms with van der Waals surface area (Å²) in [7, 11) is 0. The summed E-state index contributed by atoms with van der Waals surface area (Å²) < 4.78 is 5.75. The van der Waals surface area contributed by atoms with Gasteiger partial charge in [0.2, 0.25) is 0 Å². The maximum atomic E-state index is 11.5. The first-order chi connectivity index (χ1) is 11.3. The predicted molar refractivity (Wildman–Crippen MR) is 90.4 cm³/mol. The lowest BCUT2D eigenvalue weighted by Crippen LogP contribution is -1.95. The van der Waals surface area contributed by atoms with Gasteiger partial charge in [-0.3, -0.25) is 9.78 Å². The summed E-state index contributed by atoms with van der Waals surface area (Å²) in [6.07, 6.45) is 5.14. The summed E-state index contributed by atoms with van der Waals surface area (Å²) in [6, 6.07) is 5.75. The Labute approximate surface area is 138 Å². The van der Waals surface area contributed by atoms with E-state index >= 15 is 0 Å². The monoisotopic (exact) mass is 327 g/mol. The normalized spacial score (nSPS) is 10.9. The zero-order valence-corrected chi connectivity index (χ0v) is 13.8. The molecule has 0 unspecified atom stereocenters. The highest BCUT2D eigenvalue weighted by molar-refractivity contribution is 7.99. The summed E-state index contributed by atoms with van der Waals surface area (Å²) in [5.41, 5.74) is 2.20. The van der Waals surface area contributed by atoms with Crippen molar-refractivity contribution in [2.45, 2.75) is 30.2 Å². The van der Waals surface area contributed by atoms with Gasteiger partial charge in [-0.25, -0.2) is 4.98 Å². The van der Waals surface area contributed by atoms with Crippen LogP contribution in [0.4, 0.5) is 0 Å². The lowest BCUT2D eigenvalue weighted by atomic mass is 10.1. The first-order valence-electron chi connectivity index (χ1n) is 7.48. The van der Waals surface area contributed by atoms with E-state index in [0.29, 0.717) is 23.6 Å². The molecule has 3 aromatic rings. The second-order valence-corrected chi connectivity index (χ2v) is 5.99. The van der Waals surface area contributed by atoms with Crippen LogP contribution in [-0.4, -0.2) is 27.8 Å². The highest BCUT2D eigenvalue weighted by Gasteiger charge is 2.17. The van der Waals surface area contributed by atoms with Crippen molar-refractivity contribution >= 4 is 29.1 Å². The number of aldehydes is 1. The van der Waals surface area contributed by atoms with E-state index in [2.05, 4.69) is 15.0 Å². The van der Waals surface area contributed by atoms with Gasteiger partial charge in [-0.1, -0.05) is 18.7 Å².